The molecule has 1 aliphatic heterocycles. The summed E-state index contributed by atoms with van der Waals surface area (Å²) in [7, 11) is -3.85. The van der Waals surface area contributed by atoms with Crippen molar-refractivity contribution in [3.05, 3.63) is 23.0 Å². The predicted octanol–water partition coefficient (Wildman–Crippen LogP) is 3.41. The van der Waals surface area contributed by atoms with Gasteiger partial charge in [0.2, 0.25) is 10.0 Å². The zero-order valence-corrected chi connectivity index (χ0v) is 21.5. The number of hydrogen-bond acceptors (Lipinski definition) is 9. The van der Waals surface area contributed by atoms with E-state index in [4.69, 9.17) is 0 Å². The lowest BCUT2D eigenvalue weighted by Crippen LogP contribution is -2.54. The number of nitrogens with one attached hydrogen (secondary N) is 2. The minimum Gasteiger partial charge on any atom is -0.367 e. The van der Waals surface area contributed by atoms with E-state index in [-0.39, 0.29) is 22.0 Å². The zero-order chi connectivity index (χ0) is 25.1. The van der Waals surface area contributed by atoms with Crippen LogP contribution in [-0.2, 0) is 10.0 Å². The molecule has 0 radical (unpaired) electrons. The maximum absolute atomic E-state index is 13.4. The molecule has 1 saturated heterocycles. The van der Waals surface area contributed by atoms with E-state index in [0.717, 1.165) is 24.2 Å². The Balaban J connectivity index is 1.74. The van der Waals surface area contributed by atoms with Crippen molar-refractivity contribution in [2.24, 2.45) is 0 Å². The number of aromatic nitrogens is 4. The minimum absolute atomic E-state index is 0.0827. The van der Waals surface area contributed by atoms with Crippen molar-refractivity contribution in [1.29, 1.82) is 0 Å². The third kappa shape index (κ3) is 4.86. The maximum Gasteiger partial charge on any atom is 0.291 e. The first kappa shape index (κ1) is 24.3. The number of benzene rings is 1. The van der Waals surface area contributed by atoms with E-state index in [0.29, 0.717) is 41.2 Å². The average Bonchev–Trinajstić information content (AvgIpc) is 3.27. The highest BCUT2D eigenvalue weighted by Gasteiger charge is 2.41. The standard InChI is InChI=1S/C22H27F2N7O2S2/c1-11-9-31(10-12(2)25-11)16-8-14(35(32,33)30-22(4)5-6-22)7-15-17(16)26-13(3)27-18(15)20-28-29-21(34-20)19(23)24/h7-8,11-12,19,25,30H,5-6,9-10H2,1-4H3/t11-,12-/m0/s1. The van der Waals surface area contributed by atoms with Gasteiger partial charge in [0.1, 0.15) is 11.5 Å². The van der Waals surface area contributed by atoms with Gasteiger partial charge in [0.25, 0.3) is 6.43 Å². The Morgan fingerprint density at radius 2 is 1.86 bits per heavy atom. The molecule has 2 aliphatic rings. The van der Waals surface area contributed by atoms with Crippen LogP contribution < -0.4 is 14.9 Å². The van der Waals surface area contributed by atoms with Crippen LogP contribution in [0.2, 0.25) is 0 Å². The highest BCUT2D eigenvalue weighted by Crippen LogP contribution is 2.39. The summed E-state index contributed by atoms with van der Waals surface area (Å²) in [6.07, 6.45) is -1.21. The van der Waals surface area contributed by atoms with E-state index in [2.05, 4.69) is 49.0 Å². The molecule has 35 heavy (non-hydrogen) atoms. The summed E-state index contributed by atoms with van der Waals surface area (Å²) < 4.78 is 56.0. The monoisotopic (exact) mass is 523 g/mol. The van der Waals surface area contributed by atoms with Crippen molar-refractivity contribution >= 4 is 38.0 Å². The van der Waals surface area contributed by atoms with Gasteiger partial charge in [-0.2, -0.15) is 0 Å². The van der Waals surface area contributed by atoms with E-state index in [1.807, 2.05) is 6.92 Å². The first-order chi connectivity index (χ1) is 16.4. The second-order valence-electron chi connectivity index (χ2n) is 9.74. The predicted molar refractivity (Wildman–Crippen MR) is 130 cm³/mol. The summed E-state index contributed by atoms with van der Waals surface area (Å²) in [4.78, 5) is 11.3. The molecule has 1 saturated carbocycles. The van der Waals surface area contributed by atoms with E-state index in [1.165, 1.54) is 6.07 Å². The van der Waals surface area contributed by atoms with Gasteiger partial charge in [0.05, 0.1) is 16.1 Å². The van der Waals surface area contributed by atoms with Gasteiger partial charge in [-0.15, -0.1) is 10.2 Å². The molecule has 188 valence electrons. The third-order valence-corrected chi connectivity index (χ3v) is 8.84. The minimum atomic E-state index is -3.85. The smallest absolute Gasteiger partial charge is 0.291 e. The van der Waals surface area contributed by atoms with Crippen LogP contribution in [-0.4, -0.2) is 59.3 Å². The zero-order valence-electron chi connectivity index (χ0n) is 19.8. The Morgan fingerprint density at radius 3 is 2.46 bits per heavy atom. The summed E-state index contributed by atoms with van der Waals surface area (Å²) in [6.45, 7) is 9.03. The van der Waals surface area contributed by atoms with Crippen molar-refractivity contribution in [3.63, 3.8) is 0 Å². The summed E-state index contributed by atoms with van der Waals surface area (Å²) in [6, 6.07) is 3.52. The van der Waals surface area contributed by atoms with Crippen LogP contribution in [0.1, 0.15) is 50.9 Å². The second-order valence-corrected chi connectivity index (χ2v) is 12.4. The lowest BCUT2D eigenvalue weighted by Gasteiger charge is -2.38. The van der Waals surface area contributed by atoms with Crippen molar-refractivity contribution in [3.8, 4) is 10.7 Å². The lowest BCUT2D eigenvalue weighted by atomic mass is 10.1. The first-order valence-electron chi connectivity index (χ1n) is 11.4. The molecule has 0 bridgehead atoms. The van der Waals surface area contributed by atoms with E-state index in [1.54, 1.807) is 13.0 Å². The molecule has 2 fully saturated rings. The highest BCUT2D eigenvalue weighted by atomic mass is 32.2. The third-order valence-electron chi connectivity index (χ3n) is 6.28. The fourth-order valence-electron chi connectivity index (χ4n) is 4.47. The van der Waals surface area contributed by atoms with Crippen molar-refractivity contribution in [1.82, 2.24) is 30.2 Å². The Hall–Kier alpha value is -2.35. The molecule has 9 nitrogen and oxygen atoms in total. The van der Waals surface area contributed by atoms with E-state index < -0.39 is 27.0 Å². The molecule has 0 amide bonds. The van der Waals surface area contributed by atoms with Gasteiger partial charge in [-0.25, -0.2) is 31.9 Å². The summed E-state index contributed by atoms with van der Waals surface area (Å²) >= 11 is 0.742. The summed E-state index contributed by atoms with van der Waals surface area (Å²) in [5.41, 5.74) is 1.06. The molecule has 2 atom stereocenters. The average molecular weight is 524 g/mol. The number of anilines is 1. The molecule has 2 N–H and O–H groups in total. The Labute approximate surface area is 206 Å². The van der Waals surface area contributed by atoms with Crippen LogP contribution >= 0.6 is 11.3 Å². The molecule has 13 heteroatoms. The Morgan fingerprint density at radius 1 is 1.17 bits per heavy atom. The number of nitrogens with zero attached hydrogens (tertiary/aromatic N) is 5. The molecule has 3 heterocycles. The van der Waals surface area contributed by atoms with Gasteiger partial charge in [0.15, 0.2) is 10.0 Å². The fraction of sp³-hybridized carbons (Fsp3) is 0.545. The maximum atomic E-state index is 13.4. The molecular formula is C22H27F2N7O2S2. The van der Waals surface area contributed by atoms with Crippen molar-refractivity contribution in [2.45, 2.75) is 69.5 Å². The fourth-order valence-corrected chi connectivity index (χ4v) is 6.69. The molecule has 3 aromatic rings. The second kappa shape index (κ2) is 8.64. The Bertz CT molecular complexity index is 1380. The molecule has 1 aromatic carbocycles. The first-order valence-corrected chi connectivity index (χ1v) is 13.7. The number of hydrogen-bond donors (Lipinski definition) is 2. The molecule has 0 unspecified atom stereocenters. The lowest BCUT2D eigenvalue weighted by molar-refractivity contribution is 0.150. The van der Waals surface area contributed by atoms with Crippen LogP contribution in [0.3, 0.4) is 0 Å². The number of aryl methyl sites for hydroxylation is 1. The molecule has 5 rings (SSSR count). The molecule has 0 spiro atoms. The summed E-state index contributed by atoms with van der Waals surface area (Å²) in [5, 5.41) is 11.2. The molecule has 2 aromatic heterocycles. The summed E-state index contributed by atoms with van der Waals surface area (Å²) in [5.74, 6) is 0.429. The highest BCUT2D eigenvalue weighted by molar-refractivity contribution is 7.89. The van der Waals surface area contributed by atoms with Crippen LogP contribution in [0.25, 0.3) is 21.6 Å². The van der Waals surface area contributed by atoms with Crippen molar-refractivity contribution < 1.29 is 17.2 Å². The molecular weight excluding hydrogens is 496 g/mol. The Kier molecular flexibility index (Phi) is 6.01. The number of alkyl halides is 2. The normalized spacial score (nSPS) is 22.2. The number of fused-ring (bicyclic) bond motifs is 1. The van der Waals surface area contributed by atoms with Gasteiger partial charge < -0.3 is 10.2 Å². The molecule has 1 aliphatic carbocycles. The van der Waals surface area contributed by atoms with Gasteiger partial charge in [-0.3, -0.25) is 0 Å². The van der Waals surface area contributed by atoms with E-state index in [9.17, 15) is 17.2 Å². The van der Waals surface area contributed by atoms with Gasteiger partial charge in [0, 0.05) is 36.1 Å². The van der Waals surface area contributed by atoms with E-state index >= 15 is 0 Å². The number of piperazine rings is 1. The van der Waals surface area contributed by atoms with Gasteiger partial charge in [-0.05, 0) is 52.7 Å². The van der Waals surface area contributed by atoms with Gasteiger partial charge >= 0.3 is 0 Å². The number of halogens is 2. The van der Waals surface area contributed by atoms with Gasteiger partial charge in [-0.1, -0.05) is 11.3 Å². The van der Waals surface area contributed by atoms with Crippen molar-refractivity contribution in [2.75, 3.05) is 18.0 Å². The number of sulfonamides is 1. The SMILES string of the molecule is Cc1nc(-c2nnc(C(F)F)s2)c2cc(S(=O)(=O)NC3(C)CC3)cc(N3C[C@H](C)N[C@@H](C)C3)c2n1. The van der Waals surface area contributed by atoms with Crippen LogP contribution in [0, 0.1) is 6.92 Å². The quantitative estimate of drug-likeness (QED) is 0.506. The number of rotatable bonds is 6. The largest absolute Gasteiger partial charge is 0.367 e. The van der Waals surface area contributed by atoms with Crippen LogP contribution in [0.5, 0.6) is 0 Å². The van der Waals surface area contributed by atoms with Crippen LogP contribution in [0.4, 0.5) is 14.5 Å². The van der Waals surface area contributed by atoms with Crippen LogP contribution in [0.15, 0.2) is 17.0 Å². The topological polar surface area (TPSA) is 113 Å².